The lowest BCUT2D eigenvalue weighted by Crippen LogP contribution is -2.09. The van der Waals surface area contributed by atoms with Gasteiger partial charge in [-0.2, -0.15) is 0 Å². The Kier molecular flexibility index (Phi) is 3.61. The number of fused-ring (bicyclic) bond motifs is 1. The molecule has 20 heavy (non-hydrogen) atoms. The molecule has 0 radical (unpaired) electrons. The molecule has 0 atom stereocenters. The van der Waals surface area contributed by atoms with E-state index >= 15 is 0 Å². The van der Waals surface area contributed by atoms with Crippen molar-refractivity contribution in [2.24, 2.45) is 0 Å². The Morgan fingerprint density at radius 3 is 2.85 bits per heavy atom. The van der Waals surface area contributed by atoms with Gasteiger partial charge in [0.15, 0.2) is 0 Å². The molecular weight excluding hydrogens is 275 g/mol. The fourth-order valence-corrected chi connectivity index (χ4v) is 2.44. The smallest absolute Gasteiger partial charge is 0.125 e. The zero-order chi connectivity index (χ0) is 13.9. The van der Waals surface area contributed by atoms with Crippen molar-refractivity contribution in [1.82, 2.24) is 4.57 Å². The van der Waals surface area contributed by atoms with Crippen molar-refractivity contribution in [2.75, 3.05) is 11.9 Å². The number of aromatic nitrogens is 1. The first-order valence-corrected chi connectivity index (χ1v) is 6.84. The van der Waals surface area contributed by atoms with Crippen LogP contribution in [0.25, 0.3) is 10.9 Å². The number of nitrogens with one attached hydrogen (secondary N) is 1. The predicted octanol–water partition coefficient (Wildman–Crippen LogP) is 4.55. The van der Waals surface area contributed by atoms with Crippen LogP contribution >= 0.6 is 11.6 Å². The maximum atomic E-state index is 13.1. The lowest BCUT2D eigenvalue weighted by atomic mass is 10.2. The minimum atomic E-state index is -0.229. The SMILES string of the molecule is Fc1cccc(NCCn2ccc3ccc(Cl)cc32)c1. The summed E-state index contributed by atoms with van der Waals surface area (Å²) in [5.41, 5.74) is 1.90. The topological polar surface area (TPSA) is 17.0 Å². The number of nitrogens with zero attached hydrogens (tertiary/aromatic N) is 1. The van der Waals surface area contributed by atoms with E-state index in [1.165, 1.54) is 17.5 Å². The van der Waals surface area contributed by atoms with E-state index in [1.54, 1.807) is 6.07 Å². The number of anilines is 1. The minimum Gasteiger partial charge on any atom is -0.383 e. The third-order valence-corrected chi connectivity index (χ3v) is 3.48. The Labute approximate surface area is 121 Å². The summed E-state index contributed by atoms with van der Waals surface area (Å²) in [5, 5.41) is 5.11. The first-order valence-electron chi connectivity index (χ1n) is 6.46. The highest BCUT2D eigenvalue weighted by molar-refractivity contribution is 6.31. The molecule has 1 N–H and O–H groups in total. The second-order valence-electron chi connectivity index (χ2n) is 4.65. The first-order chi connectivity index (χ1) is 9.72. The highest BCUT2D eigenvalue weighted by atomic mass is 35.5. The molecule has 1 aromatic heterocycles. The molecule has 0 aliphatic rings. The maximum Gasteiger partial charge on any atom is 0.125 e. The third kappa shape index (κ3) is 2.78. The average Bonchev–Trinajstić information content (AvgIpc) is 2.82. The number of benzene rings is 2. The Hall–Kier alpha value is -2.00. The number of hydrogen-bond donors (Lipinski definition) is 1. The van der Waals surface area contributed by atoms with E-state index < -0.39 is 0 Å². The molecule has 0 saturated heterocycles. The van der Waals surface area contributed by atoms with Crippen molar-refractivity contribution in [3.63, 3.8) is 0 Å². The van der Waals surface area contributed by atoms with Crippen LogP contribution in [0.15, 0.2) is 54.7 Å². The first kappa shape index (κ1) is 13.0. The summed E-state index contributed by atoms with van der Waals surface area (Å²) in [6.45, 7) is 1.51. The molecule has 102 valence electrons. The zero-order valence-corrected chi connectivity index (χ0v) is 11.6. The Bertz CT molecular complexity index is 736. The Morgan fingerprint density at radius 1 is 1.10 bits per heavy atom. The van der Waals surface area contributed by atoms with E-state index in [2.05, 4.69) is 16.0 Å². The third-order valence-electron chi connectivity index (χ3n) is 3.24. The molecule has 3 aromatic rings. The molecule has 3 rings (SSSR count). The van der Waals surface area contributed by atoms with E-state index in [0.29, 0.717) is 0 Å². The summed E-state index contributed by atoms with van der Waals surface area (Å²) < 4.78 is 15.2. The van der Waals surface area contributed by atoms with Crippen molar-refractivity contribution >= 4 is 28.2 Å². The van der Waals surface area contributed by atoms with Crippen LogP contribution in [0.1, 0.15) is 0 Å². The Balaban J connectivity index is 1.69. The molecule has 0 spiro atoms. The largest absolute Gasteiger partial charge is 0.383 e. The molecule has 0 amide bonds. The lowest BCUT2D eigenvalue weighted by Gasteiger charge is -2.09. The molecule has 0 saturated carbocycles. The van der Waals surface area contributed by atoms with Gasteiger partial charge in [0.25, 0.3) is 0 Å². The highest BCUT2D eigenvalue weighted by Gasteiger charge is 2.01. The second kappa shape index (κ2) is 5.55. The summed E-state index contributed by atoms with van der Waals surface area (Å²) in [7, 11) is 0. The van der Waals surface area contributed by atoms with Crippen LogP contribution in [0, 0.1) is 5.82 Å². The molecule has 2 aromatic carbocycles. The van der Waals surface area contributed by atoms with Crippen LogP contribution in [-0.2, 0) is 6.54 Å². The second-order valence-corrected chi connectivity index (χ2v) is 5.09. The normalized spacial score (nSPS) is 10.9. The van der Waals surface area contributed by atoms with Crippen molar-refractivity contribution < 1.29 is 4.39 Å². The van der Waals surface area contributed by atoms with Crippen LogP contribution in [0.3, 0.4) is 0 Å². The summed E-state index contributed by atoms with van der Waals surface area (Å²) >= 11 is 6.02. The molecule has 0 bridgehead atoms. The highest BCUT2D eigenvalue weighted by Crippen LogP contribution is 2.20. The van der Waals surface area contributed by atoms with Gasteiger partial charge in [0.05, 0.1) is 0 Å². The van der Waals surface area contributed by atoms with E-state index in [1.807, 2.05) is 30.5 Å². The van der Waals surface area contributed by atoms with Crippen molar-refractivity contribution in [3.05, 3.63) is 65.6 Å². The number of halogens is 2. The molecule has 0 aliphatic carbocycles. The van der Waals surface area contributed by atoms with Crippen LogP contribution < -0.4 is 5.32 Å². The van der Waals surface area contributed by atoms with Crippen LogP contribution in [0.5, 0.6) is 0 Å². The maximum absolute atomic E-state index is 13.1. The fourth-order valence-electron chi connectivity index (χ4n) is 2.27. The van der Waals surface area contributed by atoms with E-state index in [4.69, 9.17) is 11.6 Å². The van der Waals surface area contributed by atoms with Crippen LogP contribution in [0.4, 0.5) is 10.1 Å². The van der Waals surface area contributed by atoms with Crippen molar-refractivity contribution in [3.8, 4) is 0 Å². The summed E-state index contributed by atoms with van der Waals surface area (Å²) in [4.78, 5) is 0. The molecule has 0 unspecified atom stereocenters. The van der Waals surface area contributed by atoms with Crippen LogP contribution in [0.2, 0.25) is 5.02 Å². The molecule has 1 heterocycles. The molecular formula is C16H14ClFN2. The summed E-state index contributed by atoms with van der Waals surface area (Å²) in [5.74, 6) is -0.229. The average molecular weight is 289 g/mol. The van der Waals surface area contributed by atoms with Crippen molar-refractivity contribution in [2.45, 2.75) is 6.54 Å². The van der Waals surface area contributed by atoms with Gasteiger partial charge in [0.2, 0.25) is 0 Å². The monoisotopic (exact) mass is 288 g/mol. The van der Waals surface area contributed by atoms with Crippen LogP contribution in [-0.4, -0.2) is 11.1 Å². The van der Waals surface area contributed by atoms with Gasteiger partial charge < -0.3 is 9.88 Å². The standard InChI is InChI=1S/C16H14ClFN2/c17-13-5-4-12-6-8-20(16(12)10-13)9-7-19-15-3-1-2-14(18)11-15/h1-6,8,10-11,19H,7,9H2. The van der Waals surface area contributed by atoms with E-state index in [-0.39, 0.29) is 5.82 Å². The van der Waals surface area contributed by atoms with Gasteiger partial charge in [0.1, 0.15) is 5.82 Å². The van der Waals surface area contributed by atoms with Gasteiger partial charge in [0, 0.05) is 35.5 Å². The van der Waals surface area contributed by atoms with Gasteiger partial charge in [-0.25, -0.2) is 4.39 Å². The number of hydrogen-bond acceptors (Lipinski definition) is 1. The molecule has 4 heteroatoms. The minimum absolute atomic E-state index is 0.229. The molecule has 2 nitrogen and oxygen atoms in total. The quantitative estimate of drug-likeness (QED) is 0.745. The number of rotatable bonds is 4. The van der Waals surface area contributed by atoms with Gasteiger partial charge >= 0.3 is 0 Å². The lowest BCUT2D eigenvalue weighted by molar-refractivity contribution is 0.628. The fraction of sp³-hybridized carbons (Fsp3) is 0.125. The predicted molar refractivity (Wildman–Crippen MR) is 81.8 cm³/mol. The van der Waals surface area contributed by atoms with Gasteiger partial charge in [-0.05, 0) is 41.8 Å². The van der Waals surface area contributed by atoms with E-state index in [0.717, 1.165) is 29.3 Å². The van der Waals surface area contributed by atoms with Gasteiger partial charge in [-0.3, -0.25) is 0 Å². The van der Waals surface area contributed by atoms with Gasteiger partial charge in [-0.1, -0.05) is 23.7 Å². The molecule has 0 fully saturated rings. The van der Waals surface area contributed by atoms with Crippen molar-refractivity contribution in [1.29, 1.82) is 0 Å². The zero-order valence-electron chi connectivity index (χ0n) is 10.8. The summed E-state index contributed by atoms with van der Waals surface area (Å²) in [6, 6.07) is 14.4. The van der Waals surface area contributed by atoms with E-state index in [9.17, 15) is 4.39 Å². The molecule has 0 aliphatic heterocycles. The Morgan fingerprint density at radius 2 is 2.00 bits per heavy atom. The van der Waals surface area contributed by atoms with Gasteiger partial charge in [-0.15, -0.1) is 0 Å². The summed E-state index contributed by atoms with van der Waals surface area (Å²) in [6.07, 6.45) is 2.04.